The van der Waals surface area contributed by atoms with Gasteiger partial charge in [-0.1, -0.05) is 68.3 Å². The monoisotopic (exact) mass is 478 g/mol. The maximum absolute atomic E-state index is 13.6. The van der Waals surface area contributed by atoms with Crippen molar-refractivity contribution in [3.05, 3.63) is 59.7 Å². The molecule has 0 spiro atoms. The molecule has 7 nitrogen and oxygen atoms in total. The number of likely N-dealkylation sites (N-methyl/N-ethyl adjacent to an activating group) is 1. The minimum absolute atomic E-state index is 0.0622. The zero-order chi connectivity index (χ0) is 25.0. The van der Waals surface area contributed by atoms with Crippen LogP contribution >= 0.6 is 0 Å². The number of nitrogens with one attached hydrogen (secondary N) is 1. The summed E-state index contributed by atoms with van der Waals surface area (Å²) in [6.45, 7) is 4.58. The number of benzene rings is 2. The average molecular weight is 479 g/mol. The van der Waals surface area contributed by atoms with Gasteiger partial charge in [-0.15, -0.1) is 0 Å². The Labute approximate surface area is 206 Å². The molecule has 0 aliphatic heterocycles. The fourth-order valence-corrected chi connectivity index (χ4v) is 5.68. The first-order valence-corrected chi connectivity index (χ1v) is 12.5. The van der Waals surface area contributed by atoms with E-state index in [1.165, 1.54) is 4.90 Å². The van der Waals surface area contributed by atoms with Crippen molar-refractivity contribution in [2.75, 3.05) is 19.7 Å². The number of rotatable bonds is 8. The summed E-state index contributed by atoms with van der Waals surface area (Å²) < 4.78 is 5.75. The molecule has 7 heteroatoms. The van der Waals surface area contributed by atoms with Crippen molar-refractivity contribution >= 4 is 18.0 Å². The molecule has 0 bridgehead atoms. The minimum Gasteiger partial charge on any atom is -0.481 e. The highest BCUT2D eigenvalue weighted by molar-refractivity contribution is 5.90. The second-order valence-electron chi connectivity index (χ2n) is 9.76. The van der Waals surface area contributed by atoms with Crippen LogP contribution in [-0.4, -0.2) is 53.2 Å². The van der Waals surface area contributed by atoms with Gasteiger partial charge in [0.1, 0.15) is 12.1 Å². The molecule has 0 aromatic heterocycles. The number of alkyl carbamates (subject to hydrolysis) is 1. The normalized spacial score (nSPS) is 21.0. The third-order valence-corrected chi connectivity index (χ3v) is 7.36. The Morgan fingerprint density at radius 3 is 2.29 bits per heavy atom. The molecule has 0 saturated heterocycles. The van der Waals surface area contributed by atoms with Gasteiger partial charge in [0.15, 0.2) is 0 Å². The predicted octanol–water partition coefficient (Wildman–Crippen LogP) is 4.80. The number of amides is 2. The van der Waals surface area contributed by atoms with Crippen LogP contribution in [0.4, 0.5) is 4.79 Å². The maximum Gasteiger partial charge on any atom is 0.408 e. The number of hydrogen-bond donors (Lipinski definition) is 2. The lowest BCUT2D eigenvalue weighted by atomic mass is 9.75. The molecule has 2 aromatic rings. The topological polar surface area (TPSA) is 95.9 Å². The fourth-order valence-electron chi connectivity index (χ4n) is 5.68. The SMILES string of the molecule is CCN(CCC(=O)O)C(=O)C1(NC(=O)OCC2c3ccccc3-c3ccccc32)CCCC(C)C1. The highest BCUT2D eigenvalue weighted by Gasteiger charge is 2.45. The van der Waals surface area contributed by atoms with Crippen LogP contribution in [0.1, 0.15) is 63.0 Å². The standard InChI is InChI=1S/C28H34N2O5/c1-3-30(16-14-25(31)32)26(33)28(15-8-9-19(2)17-28)29-27(34)35-18-24-22-12-6-4-10-20(22)21-11-5-7-13-23(21)24/h4-7,10-13,19,24H,3,8-9,14-18H2,1-2H3,(H,29,34)(H,31,32). The molecule has 186 valence electrons. The van der Waals surface area contributed by atoms with E-state index in [-0.39, 0.29) is 37.3 Å². The Morgan fingerprint density at radius 1 is 1.09 bits per heavy atom. The Kier molecular flexibility index (Phi) is 7.43. The van der Waals surface area contributed by atoms with Crippen LogP contribution in [0, 0.1) is 5.92 Å². The van der Waals surface area contributed by atoms with E-state index in [9.17, 15) is 14.4 Å². The van der Waals surface area contributed by atoms with Gasteiger partial charge >= 0.3 is 12.1 Å². The number of carbonyl (C=O) groups is 3. The summed E-state index contributed by atoms with van der Waals surface area (Å²) in [4.78, 5) is 39.3. The fraction of sp³-hybridized carbons (Fsp3) is 0.464. The summed E-state index contributed by atoms with van der Waals surface area (Å²) in [7, 11) is 0. The quantitative estimate of drug-likeness (QED) is 0.568. The molecule has 4 rings (SSSR count). The van der Waals surface area contributed by atoms with Crippen molar-refractivity contribution in [3.63, 3.8) is 0 Å². The van der Waals surface area contributed by atoms with E-state index >= 15 is 0 Å². The van der Waals surface area contributed by atoms with Crippen molar-refractivity contribution in [1.29, 1.82) is 0 Å². The molecule has 2 aliphatic carbocycles. The highest BCUT2D eigenvalue weighted by atomic mass is 16.5. The van der Waals surface area contributed by atoms with Crippen LogP contribution < -0.4 is 5.32 Å². The first-order chi connectivity index (χ1) is 16.8. The molecule has 0 heterocycles. The summed E-state index contributed by atoms with van der Waals surface area (Å²) in [5.74, 6) is -0.972. The number of fused-ring (bicyclic) bond motifs is 3. The lowest BCUT2D eigenvalue weighted by Crippen LogP contribution is -2.61. The van der Waals surface area contributed by atoms with Gasteiger partial charge in [0, 0.05) is 19.0 Å². The van der Waals surface area contributed by atoms with E-state index in [2.05, 4.69) is 36.5 Å². The molecule has 2 unspecified atom stereocenters. The van der Waals surface area contributed by atoms with Crippen LogP contribution in [0.25, 0.3) is 11.1 Å². The zero-order valence-electron chi connectivity index (χ0n) is 20.5. The summed E-state index contributed by atoms with van der Waals surface area (Å²) in [6.07, 6.45) is 2.10. The van der Waals surface area contributed by atoms with Gasteiger partial charge in [-0.25, -0.2) is 4.79 Å². The number of carbonyl (C=O) groups excluding carboxylic acids is 2. The number of nitrogens with zero attached hydrogens (tertiary/aromatic N) is 1. The third kappa shape index (κ3) is 5.19. The van der Waals surface area contributed by atoms with Gasteiger partial charge in [-0.2, -0.15) is 0 Å². The predicted molar refractivity (Wildman–Crippen MR) is 133 cm³/mol. The van der Waals surface area contributed by atoms with Crippen LogP contribution in [-0.2, 0) is 14.3 Å². The first kappa shape index (κ1) is 24.8. The van der Waals surface area contributed by atoms with E-state index in [0.29, 0.717) is 19.4 Å². The molecule has 35 heavy (non-hydrogen) atoms. The first-order valence-electron chi connectivity index (χ1n) is 12.5. The molecule has 1 saturated carbocycles. The number of hydrogen-bond acceptors (Lipinski definition) is 4. The van der Waals surface area contributed by atoms with Crippen molar-refractivity contribution in [3.8, 4) is 11.1 Å². The molecule has 2 aliphatic rings. The molecular formula is C28H34N2O5. The number of carboxylic acid groups (broad SMARTS) is 1. The lowest BCUT2D eigenvalue weighted by molar-refractivity contribution is -0.142. The Balaban J connectivity index is 1.49. The van der Waals surface area contributed by atoms with Crippen LogP contribution in [0.2, 0.25) is 0 Å². The lowest BCUT2D eigenvalue weighted by Gasteiger charge is -2.41. The van der Waals surface area contributed by atoms with E-state index in [4.69, 9.17) is 9.84 Å². The Bertz CT molecular complexity index is 1050. The van der Waals surface area contributed by atoms with Crippen molar-refractivity contribution in [1.82, 2.24) is 10.2 Å². The van der Waals surface area contributed by atoms with Gasteiger partial charge < -0.3 is 20.1 Å². The van der Waals surface area contributed by atoms with Crippen molar-refractivity contribution in [2.24, 2.45) is 5.92 Å². The largest absolute Gasteiger partial charge is 0.481 e. The summed E-state index contributed by atoms with van der Waals surface area (Å²) in [5, 5.41) is 12.0. The Hall–Kier alpha value is -3.35. The van der Waals surface area contributed by atoms with Crippen molar-refractivity contribution < 1.29 is 24.2 Å². The zero-order valence-corrected chi connectivity index (χ0v) is 20.5. The van der Waals surface area contributed by atoms with Gasteiger partial charge in [0.2, 0.25) is 5.91 Å². The number of carboxylic acids is 1. The molecular weight excluding hydrogens is 444 g/mol. The molecule has 2 atom stereocenters. The van der Waals surface area contributed by atoms with Crippen LogP contribution in [0.5, 0.6) is 0 Å². The van der Waals surface area contributed by atoms with E-state index in [1.807, 2.05) is 31.2 Å². The number of ether oxygens (including phenoxy) is 1. The second-order valence-corrected chi connectivity index (χ2v) is 9.76. The van der Waals surface area contributed by atoms with Crippen LogP contribution in [0.15, 0.2) is 48.5 Å². The molecule has 2 amide bonds. The van der Waals surface area contributed by atoms with E-state index < -0.39 is 17.6 Å². The second kappa shape index (κ2) is 10.5. The molecule has 1 fully saturated rings. The van der Waals surface area contributed by atoms with Gasteiger partial charge in [0.05, 0.1) is 6.42 Å². The summed E-state index contributed by atoms with van der Waals surface area (Å²) >= 11 is 0. The smallest absolute Gasteiger partial charge is 0.408 e. The van der Waals surface area contributed by atoms with E-state index in [0.717, 1.165) is 35.1 Å². The average Bonchev–Trinajstić information content (AvgIpc) is 3.16. The highest BCUT2D eigenvalue weighted by Crippen LogP contribution is 2.44. The Morgan fingerprint density at radius 2 is 1.71 bits per heavy atom. The third-order valence-electron chi connectivity index (χ3n) is 7.36. The van der Waals surface area contributed by atoms with Gasteiger partial charge in [-0.3, -0.25) is 9.59 Å². The summed E-state index contributed by atoms with van der Waals surface area (Å²) in [5.41, 5.74) is 3.49. The molecule has 2 aromatic carbocycles. The van der Waals surface area contributed by atoms with Gasteiger partial charge in [0.25, 0.3) is 0 Å². The van der Waals surface area contributed by atoms with Crippen molar-refractivity contribution in [2.45, 2.75) is 57.4 Å². The minimum atomic E-state index is -1.07. The summed E-state index contributed by atoms with van der Waals surface area (Å²) in [6, 6.07) is 16.3. The van der Waals surface area contributed by atoms with Crippen LogP contribution in [0.3, 0.4) is 0 Å². The molecule has 2 N–H and O–H groups in total. The number of aliphatic carboxylic acids is 1. The maximum atomic E-state index is 13.6. The van der Waals surface area contributed by atoms with E-state index in [1.54, 1.807) is 0 Å². The molecule has 0 radical (unpaired) electrons. The van der Waals surface area contributed by atoms with Gasteiger partial charge in [-0.05, 0) is 47.9 Å².